The third kappa shape index (κ3) is 5.98. The van der Waals surface area contributed by atoms with Crippen LogP contribution >= 0.6 is 0 Å². The number of rotatable bonds is 14. The van der Waals surface area contributed by atoms with Crippen LogP contribution in [0.2, 0.25) is 0 Å². The molecule has 6 nitrogen and oxygen atoms in total. The van der Waals surface area contributed by atoms with E-state index >= 15 is 0 Å². The van der Waals surface area contributed by atoms with E-state index in [1.165, 1.54) is 57.8 Å². The van der Waals surface area contributed by atoms with Crippen LogP contribution in [0.15, 0.2) is 0 Å². The lowest BCUT2D eigenvalue weighted by molar-refractivity contribution is 0.0441. The summed E-state index contributed by atoms with van der Waals surface area (Å²) < 4.78 is 12.4. The molecule has 27 heavy (non-hydrogen) atoms. The Labute approximate surface area is 164 Å². The van der Waals surface area contributed by atoms with E-state index in [1.54, 1.807) is 0 Å². The van der Waals surface area contributed by atoms with Crippen LogP contribution in [0.25, 0.3) is 0 Å². The van der Waals surface area contributed by atoms with Gasteiger partial charge in [-0.3, -0.25) is 0 Å². The normalized spacial score (nSPS) is 28.1. The van der Waals surface area contributed by atoms with E-state index in [-0.39, 0.29) is 0 Å². The molecule has 0 spiro atoms. The van der Waals surface area contributed by atoms with Gasteiger partial charge in [-0.1, -0.05) is 52.4 Å². The summed E-state index contributed by atoms with van der Waals surface area (Å²) in [4.78, 5) is 0. The highest BCUT2D eigenvalue weighted by atomic mass is 16.5. The molecule has 1 aromatic rings. The first-order valence-corrected chi connectivity index (χ1v) is 11.3. The van der Waals surface area contributed by atoms with Crippen molar-refractivity contribution < 1.29 is 9.47 Å². The Hall–Kier alpha value is -1.01. The highest BCUT2D eigenvalue weighted by molar-refractivity contribution is 4.98. The minimum absolute atomic E-state index is 0.456. The predicted octanol–water partition coefficient (Wildman–Crippen LogP) is 4.33. The van der Waals surface area contributed by atoms with Crippen LogP contribution in [0.1, 0.15) is 83.9 Å². The van der Waals surface area contributed by atoms with Crippen LogP contribution < -0.4 is 0 Å². The van der Waals surface area contributed by atoms with E-state index < -0.39 is 0 Å². The molecular weight excluding hydrogens is 340 g/mol. The molecule has 2 aliphatic rings. The summed E-state index contributed by atoms with van der Waals surface area (Å²) in [5.74, 6) is 2.93. The summed E-state index contributed by atoms with van der Waals surface area (Å²) in [6, 6.07) is 0. The van der Waals surface area contributed by atoms with E-state index in [2.05, 4.69) is 34.5 Å². The Morgan fingerprint density at radius 1 is 1.11 bits per heavy atom. The van der Waals surface area contributed by atoms with Crippen molar-refractivity contribution in [3.63, 3.8) is 0 Å². The number of aromatic nitrogens is 4. The number of H-pyrrole nitrogens is 1. The third-order valence-corrected chi connectivity index (χ3v) is 6.56. The van der Waals surface area contributed by atoms with E-state index in [9.17, 15) is 0 Å². The van der Waals surface area contributed by atoms with Crippen molar-refractivity contribution in [3.05, 3.63) is 5.82 Å². The lowest BCUT2D eigenvalue weighted by atomic mass is 9.72. The fraction of sp³-hybridized carbons (Fsp3) is 0.952. The maximum atomic E-state index is 6.28. The molecular formula is C21H38N4O2. The van der Waals surface area contributed by atoms with Crippen molar-refractivity contribution in [3.8, 4) is 0 Å². The lowest BCUT2D eigenvalue weighted by Crippen LogP contribution is -2.35. The average molecular weight is 379 g/mol. The van der Waals surface area contributed by atoms with E-state index in [4.69, 9.17) is 9.47 Å². The van der Waals surface area contributed by atoms with Gasteiger partial charge < -0.3 is 9.47 Å². The predicted molar refractivity (Wildman–Crippen MR) is 105 cm³/mol. The second kappa shape index (κ2) is 11.1. The number of fused-ring (bicyclic) bond motifs is 2. The molecule has 0 saturated carbocycles. The number of aryl methyl sites for hydroxylation is 1. The number of nitrogens with one attached hydrogen (secondary N) is 1. The van der Waals surface area contributed by atoms with Gasteiger partial charge in [-0.2, -0.15) is 0 Å². The summed E-state index contributed by atoms with van der Waals surface area (Å²) >= 11 is 0. The molecule has 3 heterocycles. The van der Waals surface area contributed by atoms with Crippen LogP contribution in [0.4, 0.5) is 0 Å². The molecule has 1 aromatic heterocycles. The van der Waals surface area contributed by atoms with Crippen LogP contribution in [-0.2, 0) is 15.9 Å². The molecule has 0 aliphatic carbocycles. The van der Waals surface area contributed by atoms with Gasteiger partial charge in [0.15, 0.2) is 0 Å². The molecule has 0 amide bonds. The molecule has 2 saturated heterocycles. The summed E-state index contributed by atoms with van der Waals surface area (Å²) in [6.07, 6.45) is 14.5. The fourth-order valence-electron chi connectivity index (χ4n) is 5.08. The standard InChI is InChI=1S/C21H38N4O2/c1-3-4-5-9-14-26-15-17-18-12-13-19(27-18)21(17)16(2)10-7-6-8-11-20-22-24-25-23-20/h16-19,21H,3-15H2,1-2H3,(H,22,23,24,25). The van der Waals surface area contributed by atoms with Gasteiger partial charge in [0.1, 0.15) is 5.82 Å². The summed E-state index contributed by atoms with van der Waals surface area (Å²) in [5, 5.41) is 14.1. The Morgan fingerprint density at radius 2 is 1.96 bits per heavy atom. The number of nitrogens with zero attached hydrogens (tertiary/aromatic N) is 3. The van der Waals surface area contributed by atoms with Gasteiger partial charge in [-0.15, -0.1) is 5.10 Å². The Bertz CT molecular complexity index is 510. The number of hydrogen-bond donors (Lipinski definition) is 1. The van der Waals surface area contributed by atoms with Crippen molar-refractivity contribution in [1.82, 2.24) is 20.6 Å². The number of unbranched alkanes of at least 4 members (excludes halogenated alkanes) is 5. The molecule has 2 bridgehead atoms. The van der Waals surface area contributed by atoms with E-state index in [1.807, 2.05) is 0 Å². The maximum Gasteiger partial charge on any atom is 0.148 e. The van der Waals surface area contributed by atoms with Gasteiger partial charge in [-0.25, -0.2) is 5.10 Å². The van der Waals surface area contributed by atoms with E-state index in [0.717, 1.165) is 37.8 Å². The number of tetrazole rings is 1. The summed E-state index contributed by atoms with van der Waals surface area (Å²) in [6.45, 7) is 6.51. The van der Waals surface area contributed by atoms with Gasteiger partial charge in [0.2, 0.25) is 0 Å². The highest BCUT2D eigenvalue weighted by Gasteiger charge is 2.50. The van der Waals surface area contributed by atoms with Crippen molar-refractivity contribution in [2.24, 2.45) is 17.8 Å². The highest BCUT2D eigenvalue weighted by Crippen LogP contribution is 2.47. The van der Waals surface area contributed by atoms with Crippen LogP contribution in [-0.4, -0.2) is 46.0 Å². The van der Waals surface area contributed by atoms with Crippen molar-refractivity contribution in [2.75, 3.05) is 13.2 Å². The maximum absolute atomic E-state index is 6.28. The molecule has 154 valence electrons. The average Bonchev–Trinajstić information content (AvgIpc) is 3.41. The first-order chi connectivity index (χ1) is 13.3. The summed E-state index contributed by atoms with van der Waals surface area (Å²) in [5.41, 5.74) is 0. The molecule has 3 rings (SSSR count). The fourth-order valence-corrected chi connectivity index (χ4v) is 5.08. The topological polar surface area (TPSA) is 72.9 Å². The van der Waals surface area contributed by atoms with Gasteiger partial charge in [0.05, 0.1) is 18.8 Å². The molecule has 2 aliphatic heterocycles. The molecule has 1 N–H and O–H groups in total. The Kier molecular flexibility index (Phi) is 8.52. The van der Waals surface area contributed by atoms with Crippen molar-refractivity contribution in [2.45, 2.75) is 96.7 Å². The molecule has 0 radical (unpaired) electrons. The molecule has 5 unspecified atom stereocenters. The minimum atomic E-state index is 0.456. The smallest absolute Gasteiger partial charge is 0.148 e. The summed E-state index contributed by atoms with van der Waals surface area (Å²) in [7, 11) is 0. The van der Waals surface area contributed by atoms with Crippen molar-refractivity contribution >= 4 is 0 Å². The third-order valence-electron chi connectivity index (χ3n) is 6.56. The quantitative estimate of drug-likeness (QED) is 0.488. The molecule has 6 heteroatoms. The molecule has 0 aromatic carbocycles. The van der Waals surface area contributed by atoms with Gasteiger partial charge >= 0.3 is 0 Å². The van der Waals surface area contributed by atoms with E-state index in [0.29, 0.717) is 24.0 Å². The van der Waals surface area contributed by atoms with Crippen LogP contribution in [0.3, 0.4) is 0 Å². The molecule has 2 fully saturated rings. The zero-order valence-corrected chi connectivity index (χ0v) is 17.2. The largest absolute Gasteiger partial charge is 0.381 e. The van der Waals surface area contributed by atoms with Gasteiger partial charge in [0.25, 0.3) is 0 Å². The number of hydrogen-bond acceptors (Lipinski definition) is 5. The second-order valence-corrected chi connectivity index (χ2v) is 8.59. The Balaban J connectivity index is 1.34. The van der Waals surface area contributed by atoms with Crippen LogP contribution in [0, 0.1) is 17.8 Å². The monoisotopic (exact) mass is 378 g/mol. The molecule has 5 atom stereocenters. The first kappa shape index (κ1) is 20.7. The number of aromatic amines is 1. The zero-order chi connectivity index (χ0) is 18.9. The second-order valence-electron chi connectivity index (χ2n) is 8.59. The Morgan fingerprint density at radius 3 is 2.78 bits per heavy atom. The zero-order valence-electron chi connectivity index (χ0n) is 17.2. The minimum Gasteiger partial charge on any atom is -0.381 e. The lowest BCUT2D eigenvalue weighted by Gasteiger charge is -2.32. The SMILES string of the molecule is CCCCCCOCC1C2CCC(O2)C1C(C)CCCCCc1nnn[nH]1. The van der Waals surface area contributed by atoms with Gasteiger partial charge in [0, 0.05) is 18.9 Å². The van der Waals surface area contributed by atoms with Crippen molar-refractivity contribution in [1.29, 1.82) is 0 Å². The van der Waals surface area contributed by atoms with Gasteiger partial charge in [-0.05, 0) is 47.9 Å². The number of ether oxygens (including phenoxy) is 2. The van der Waals surface area contributed by atoms with Crippen LogP contribution in [0.5, 0.6) is 0 Å². The first-order valence-electron chi connectivity index (χ1n) is 11.3.